The lowest BCUT2D eigenvalue weighted by molar-refractivity contribution is -0.145. The molecule has 9 atom stereocenters. The highest BCUT2D eigenvalue weighted by molar-refractivity contribution is 5.69. The van der Waals surface area contributed by atoms with E-state index in [1.54, 1.807) is 6.42 Å². The smallest absolute Gasteiger partial charge is 0.305 e. The summed E-state index contributed by atoms with van der Waals surface area (Å²) in [6.45, 7) is 15.6. The van der Waals surface area contributed by atoms with Crippen LogP contribution in [0.1, 0.15) is 215 Å². The second kappa shape index (κ2) is 19.8. The molecule has 4 aliphatic carbocycles. The number of unbranched alkanes of at least 4 members (excludes halogenated alkanes) is 11. The van der Waals surface area contributed by atoms with E-state index in [-0.39, 0.29) is 5.97 Å². The van der Waals surface area contributed by atoms with E-state index < -0.39 is 0 Å². The Morgan fingerprint density at radius 2 is 1.26 bits per heavy atom. The molecule has 0 bridgehead atoms. The van der Waals surface area contributed by atoms with E-state index in [4.69, 9.17) is 4.74 Å². The van der Waals surface area contributed by atoms with Crippen LogP contribution in [0.2, 0.25) is 0 Å². The van der Waals surface area contributed by atoms with Gasteiger partial charge in [0.25, 0.3) is 0 Å². The summed E-state index contributed by atoms with van der Waals surface area (Å²) in [6.07, 6.45) is 37.1. The highest BCUT2D eigenvalue weighted by Crippen LogP contribution is 2.68. The van der Waals surface area contributed by atoms with Crippen LogP contribution in [0, 0.1) is 58.2 Å². The maximum atomic E-state index is 12.4. The molecule has 0 aliphatic heterocycles. The number of fused-ring (bicyclic) bond motifs is 5. The third-order valence-corrected chi connectivity index (χ3v) is 15.1. The van der Waals surface area contributed by atoms with Crippen molar-refractivity contribution in [3.8, 4) is 0 Å². The van der Waals surface area contributed by atoms with Crippen LogP contribution < -0.4 is 0 Å². The van der Waals surface area contributed by atoms with Gasteiger partial charge in [-0.1, -0.05) is 144 Å². The van der Waals surface area contributed by atoms with Crippen LogP contribution in [0.4, 0.5) is 0 Å². The molecule has 0 spiro atoms. The molecule has 0 saturated heterocycles. The van der Waals surface area contributed by atoms with Gasteiger partial charge in [-0.25, -0.2) is 0 Å². The molecule has 2 nitrogen and oxygen atoms in total. The number of carbonyl (C=O) groups excluding carboxylic acids is 1. The average Bonchev–Trinajstić information content (AvgIpc) is 3.40. The van der Waals surface area contributed by atoms with Crippen molar-refractivity contribution in [1.82, 2.24) is 0 Å². The Bertz CT molecular complexity index is 879. The first-order valence-corrected chi connectivity index (χ1v) is 21.8. The van der Waals surface area contributed by atoms with E-state index in [0.29, 0.717) is 29.8 Å². The van der Waals surface area contributed by atoms with Crippen molar-refractivity contribution in [1.29, 1.82) is 0 Å². The summed E-state index contributed by atoms with van der Waals surface area (Å²) in [6, 6.07) is 0. The molecule has 4 saturated carbocycles. The highest BCUT2D eigenvalue weighted by atomic mass is 16.5. The van der Waals surface area contributed by atoms with E-state index >= 15 is 0 Å². The minimum atomic E-state index is 0.0373. The Balaban J connectivity index is 1.00. The fourth-order valence-electron chi connectivity index (χ4n) is 12.2. The van der Waals surface area contributed by atoms with Crippen molar-refractivity contribution in [3.05, 3.63) is 0 Å². The Kier molecular flexibility index (Phi) is 16.5. The molecule has 4 rings (SSSR count). The Hall–Kier alpha value is -0.530. The third-order valence-electron chi connectivity index (χ3n) is 15.1. The first kappa shape index (κ1) is 39.3. The standard InChI is InChI=1S/C45H82O2/c1-35(2)22-17-15-13-11-9-7-8-10-12-14-16-18-26-43(46)47-34-36(3)23-21-24-37(4)40-29-30-41-39-28-27-38-25-19-20-32-44(38,5)42(39)31-33-45(40,41)6/h35-42H,7-34H2,1-6H3/t36?,37-,38?,39+,40-,41+,42+,44+,45-/m1/s1. The van der Waals surface area contributed by atoms with Crippen LogP contribution in [-0.2, 0) is 9.53 Å². The van der Waals surface area contributed by atoms with E-state index in [2.05, 4.69) is 41.5 Å². The molecule has 274 valence electrons. The van der Waals surface area contributed by atoms with Crippen molar-refractivity contribution in [2.45, 2.75) is 215 Å². The summed E-state index contributed by atoms with van der Waals surface area (Å²) in [5, 5.41) is 0. The number of hydrogen-bond acceptors (Lipinski definition) is 2. The third kappa shape index (κ3) is 11.2. The van der Waals surface area contributed by atoms with Crippen molar-refractivity contribution in [3.63, 3.8) is 0 Å². The van der Waals surface area contributed by atoms with Gasteiger partial charge >= 0.3 is 5.97 Å². The predicted octanol–water partition coefficient (Wildman–Crippen LogP) is 14.1. The molecule has 0 aromatic heterocycles. The lowest BCUT2D eigenvalue weighted by Gasteiger charge is -2.61. The van der Waals surface area contributed by atoms with Crippen LogP contribution in [-0.4, -0.2) is 12.6 Å². The predicted molar refractivity (Wildman–Crippen MR) is 202 cm³/mol. The number of rotatable bonds is 22. The fourth-order valence-corrected chi connectivity index (χ4v) is 12.2. The molecule has 0 radical (unpaired) electrons. The van der Waals surface area contributed by atoms with Gasteiger partial charge < -0.3 is 4.74 Å². The van der Waals surface area contributed by atoms with Crippen molar-refractivity contribution in [2.75, 3.05) is 6.61 Å². The van der Waals surface area contributed by atoms with Crippen LogP contribution in [0.5, 0.6) is 0 Å². The second-order valence-electron chi connectivity index (χ2n) is 19.0. The molecule has 0 aromatic carbocycles. The molecule has 4 fully saturated rings. The van der Waals surface area contributed by atoms with Crippen LogP contribution >= 0.6 is 0 Å². The van der Waals surface area contributed by atoms with E-state index in [9.17, 15) is 4.79 Å². The average molecular weight is 655 g/mol. The lowest BCUT2D eigenvalue weighted by atomic mass is 9.44. The molecule has 4 aliphatic rings. The number of ether oxygens (including phenoxy) is 1. The van der Waals surface area contributed by atoms with Gasteiger partial charge in [0.05, 0.1) is 6.61 Å². The first-order chi connectivity index (χ1) is 22.6. The normalized spacial score (nSPS) is 33.2. The zero-order chi connectivity index (χ0) is 33.7. The first-order valence-electron chi connectivity index (χ1n) is 21.8. The Morgan fingerprint density at radius 1 is 0.617 bits per heavy atom. The number of esters is 1. The maximum Gasteiger partial charge on any atom is 0.305 e. The summed E-state index contributed by atoms with van der Waals surface area (Å²) in [5.74, 6) is 7.23. The molecule has 2 heteroatoms. The SMILES string of the molecule is CC(C)CCCCCCCCCCCCCCC(=O)OCC(C)CCC[C@@H](C)[C@H]1CC[C@H]2[C@@H]3CCC4CCCC[C@]4(C)[C@H]3CC[C@]12C. The topological polar surface area (TPSA) is 26.3 Å². The molecular formula is C45H82O2. The minimum Gasteiger partial charge on any atom is -0.465 e. The fraction of sp³-hybridized carbons (Fsp3) is 0.978. The van der Waals surface area contributed by atoms with Gasteiger partial charge in [-0.3, -0.25) is 4.79 Å². The minimum absolute atomic E-state index is 0.0373. The molecule has 0 amide bonds. The van der Waals surface area contributed by atoms with Crippen LogP contribution in [0.15, 0.2) is 0 Å². The molecule has 0 N–H and O–H groups in total. The van der Waals surface area contributed by atoms with Gasteiger partial charge in [-0.05, 0) is 122 Å². The molecule has 0 aromatic rings. The van der Waals surface area contributed by atoms with E-state index in [1.807, 2.05) is 0 Å². The van der Waals surface area contributed by atoms with Gasteiger partial charge in [0.15, 0.2) is 0 Å². The van der Waals surface area contributed by atoms with Crippen LogP contribution in [0.25, 0.3) is 0 Å². The van der Waals surface area contributed by atoms with Gasteiger partial charge in [0, 0.05) is 6.42 Å². The second-order valence-corrected chi connectivity index (χ2v) is 19.0. The van der Waals surface area contributed by atoms with E-state index in [0.717, 1.165) is 47.8 Å². The van der Waals surface area contributed by atoms with Gasteiger partial charge in [0.2, 0.25) is 0 Å². The van der Waals surface area contributed by atoms with Crippen molar-refractivity contribution in [2.24, 2.45) is 58.2 Å². The summed E-state index contributed by atoms with van der Waals surface area (Å²) < 4.78 is 5.72. The number of carbonyl (C=O) groups is 1. The summed E-state index contributed by atoms with van der Waals surface area (Å²) >= 11 is 0. The van der Waals surface area contributed by atoms with E-state index in [1.165, 1.54) is 154 Å². The Morgan fingerprint density at radius 3 is 1.94 bits per heavy atom. The number of hydrogen-bond donors (Lipinski definition) is 0. The van der Waals surface area contributed by atoms with Gasteiger partial charge in [-0.15, -0.1) is 0 Å². The summed E-state index contributed by atoms with van der Waals surface area (Å²) in [4.78, 5) is 12.4. The quantitative estimate of drug-likeness (QED) is 0.0857. The zero-order valence-corrected chi connectivity index (χ0v) is 32.7. The summed E-state index contributed by atoms with van der Waals surface area (Å²) in [7, 11) is 0. The highest BCUT2D eigenvalue weighted by Gasteiger charge is 2.60. The summed E-state index contributed by atoms with van der Waals surface area (Å²) in [5.41, 5.74) is 1.25. The van der Waals surface area contributed by atoms with Gasteiger partial charge in [-0.2, -0.15) is 0 Å². The van der Waals surface area contributed by atoms with Crippen LogP contribution in [0.3, 0.4) is 0 Å². The molecular weight excluding hydrogens is 572 g/mol. The Labute approximate surface area is 294 Å². The van der Waals surface area contributed by atoms with Gasteiger partial charge in [0.1, 0.15) is 0 Å². The maximum absolute atomic E-state index is 12.4. The molecule has 2 unspecified atom stereocenters. The molecule has 47 heavy (non-hydrogen) atoms. The van der Waals surface area contributed by atoms with Crippen molar-refractivity contribution >= 4 is 5.97 Å². The zero-order valence-electron chi connectivity index (χ0n) is 32.7. The largest absolute Gasteiger partial charge is 0.465 e. The monoisotopic (exact) mass is 655 g/mol. The lowest BCUT2D eigenvalue weighted by Crippen LogP contribution is -2.53. The van der Waals surface area contributed by atoms with Crippen molar-refractivity contribution < 1.29 is 9.53 Å². The molecule has 0 heterocycles.